The molecule has 3 nitrogen and oxygen atoms in total. The third-order valence-corrected chi connectivity index (χ3v) is 5.25. The Hall–Kier alpha value is -1.64. The van der Waals surface area contributed by atoms with Crippen molar-refractivity contribution in [1.82, 2.24) is 0 Å². The summed E-state index contributed by atoms with van der Waals surface area (Å²) >= 11 is 1.38. The van der Waals surface area contributed by atoms with Gasteiger partial charge in [0.2, 0.25) is 0 Å². The number of hydrogen-bond acceptors (Lipinski definition) is 4. The molecule has 0 saturated carbocycles. The highest BCUT2D eigenvalue weighted by atomic mass is 32.2. The van der Waals surface area contributed by atoms with E-state index in [2.05, 4.69) is 0 Å². The average molecular weight is 277 g/mol. The van der Waals surface area contributed by atoms with Crippen molar-refractivity contribution in [2.45, 2.75) is 17.1 Å². The fourth-order valence-electron chi connectivity index (χ4n) is 1.61. The Labute approximate surface area is 110 Å². The van der Waals surface area contributed by atoms with Crippen LogP contribution in [0.4, 0.5) is 0 Å². The zero-order valence-corrected chi connectivity index (χ0v) is 11.3. The average Bonchev–Trinajstić information content (AvgIpc) is 2.84. The zero-order valence-electron chi connectivity index (χ0n) is 9.70. The molecule has 18 heavy (non-hydrogen) atoms. The Morgan fingerprint density at radius 1 is 1.22 bits per heavy atom. The second-order valence-corrected chi connectivity index (χ2v) is 6.74. The first kappa shape index (κ1) is 12.8. The maximum absolute atomic E-state index is 12.4. The van der Waals surface area contributed by atoms with Crippen molar-refractivity contribution in [3.05, 3.63) is 52.2 Å². The Morgan fingerprint density at radius 2 is 1.89 bits per heavy atom. The van der Waals surface area contributed by atoms with Crippen molar-refractivity contribution in [2.24, 2.45) is 0 Å². The molecule has 0 spiro atoms. The molecule has 2 rings (SSSR count). The summed E-state index contributed by atoms with van der Waals surface area (Å²) in [6, 6.07) is 10.1. The molecule has 1 aromatic heterocycles. The van der Waals surface area contributed by atoms with Gasteiger partial charge in [0.15, 0.2) is 15.1 Å². The fourth-order valence-corrected chi connectivity index (χ4v) is 3.81. The van der Waals surface area contributed by atoms with Gasteiger partial charge in [0.25, 0.3) is 0 Å². The molecule has 5 heteroatoms. The van der Waals surface area contributed by atoms with E-state index in [1.165, 1.54) is 11.3 Å². The van der Waals surface area contributed by atoms with Gasteiger partial charge in [-0.05, 0) is 41.4 Å². The summed E-state index contributed by atoms with van der Waals surface area (Å²) in [6.07, 6.45) is 0. The quantitative estimate of drug-likeness (QED) is 0.866. The summed E-state index contributed by atoms with van der Waals surface area (Å²) in [6.45, 7) is 1.89. The molecule has 0 fully saturated rings. The molecular weight excluding hydrogens is 266 g/mol. The number of sulfone groups is 1. The number of aryl methyl sites for hydroxylation is 1. The van der Waals surface area contributed by atoms with Crippen LogP contribution in [0.1, 0.15) is 16.4 Å². The van der Waals surface area contributed by atoms with Gasteiger partial charge in [-0.25, -0.2) is 8.42 Å². The number of hydrogen-bond donors (Lipinski definition) is 0. The lowest BCUT2D eigenvalue weighted by Crippen LogP contribution is -2.11. The van der Waals surface area contributed by atoms with E-state index in [-0.39, 0.29) is 4.90 Å². The first-order valence-corrected chi connectivity index (χ1v) is 7.77. The molecule has 2 aromatic rings. The van der Waals surface area contributed by atoms with Crippen LogP contribution in [-0.4, -0.2) is 8.42 Å². The smallest absolute Gasteiger partial charge is 0.198 e. The molecule has 1 aromatic carbocycles. The minimum atomic E-state index is -3.65. The molecule has 1 unspecified atom stereocenters. The summed E-state index contributed by atoms with van der Waals surface area (Å²) in [4.78, 5) is 0.186. The number of thiophene rings is 1. The van der Waals surface area contributed by atoms with Crippen LogP contribution in [-0.2, 0) is 9.84 Å². The molecule has 0 radical (unpaired) electrons. The van der Waals surface area contributed by atoms with Crippen molar-refractivity contribution < 1.29 is 8.42 Å². The van der Waals surface area contributed by atoms with Crippen LogP contribution in [0.2, 0.25) is 0 Å². The van der Waals surface area contributed by atoms with Crippen LogP contribution in [0.5, 0.6) is 0 Å². The molecule has 0 aliphatic carbocycles. The highest BCUT2D eigenvalue weighted by Gasteiger charge is 2.29. The number of nitriles is 1. The van der Waals surface area contributed by atoms with Gasteiger partial charge in [-0.1, -0.05) is 17.7 Å². The summed E-state index contributed by atoms with van der Waals surface area (Å²) in [5.41, 5.74) is 1.51. The van der Waals surface area contributed by atoms with Crippen LogP contribution in [0.25, 0.3) is 0 Å². The van der Waals surface area contributed by atoms with Crippen LogP contribution >= 0.6 is 11.3 Å². The van der Waals surface area contributed by atoms with Crippen LogP contribution in [0, 0.1) is 18.3 Å². The molecule has 0 aliphatic heterocycles. The van der Waals surface area contributed by atoms with E-state index in [0.29, 0.717) is 5.56 Å². The predicted octanol–water partition coefficient (Wildman–Crippen LogP) is 3.10. The zero-order chi connectivity index (χ0) is 13.2. The van der Waals surface area contributed by atoms with Gasteiger partial charge >= 0.3 is 0 Å². The molecule has 0 aliphatic rings. The Kier molecular flexibility index (Phi) is 3.50. The predicted molar refractivity (Wildman–Crippen MR) is 71.0 cm³/mol. The van der Waals surface area contributed by atoms with Crippen molar-refractivity contribution in [1.29, 1.82) is 5.26 Å². The highest BCUT2D eigenvalue weighted by Crippen LogP contribution is 2.29. The first-order chi connectivity index (χ1) is 8.55. The molecule has 1 atom stereocenters. The van der Waals surface area contributed by atoms with Gasteiger partial charge in [-0.15, -0.1) is 0 Å². The largest absolute Gasteiger partial charge is 0.222 e. The van der Waals surface area contributed by atoms with Crippen molar-refractivity contribution in [3.8, 4) is 6.07 Å². The minimum absolute atomic E-state index is 0.186. The number of nitrogens with zero attached hydrogens (tertiary/aromatic N) is 1. The summed E-state index contributed by atoms with van der Waals surface area (Å²) in [5.74, 6) is 0. The second-order valence-electron chi connectivity index (χ2n) is 3.92. The van der Waals surface area contributed by atoms with Gasteiger partial charge in [0, 0.05) is 0 Å². The Bertz CT molecular complexity index is 665. The van der Waals surface area contributed by atoms with E-state index in [1.807, 2.05) is 13.0 Å². The lowest BCUT2D eigenvalue weighted by atomic mass is 10.2. The topological polar surface area (TPSA) is 57.9 Å². The second kappa shape index (κ2) is 4.92. The summed E-state index contributed by atoms with van der Waals surface area (Å²) < 4.78 is 24.7. The monoisotopic (exact) mass is 277 g/mol. The Balaban J connectivity index is 2.48. The SMILES string of the molecule is Cc1ccc(S(=O)(=O)C(C#N)c2ccsc2)cc1. The maximum Gasteiger partial charge on any atom is 0.198 e. The molecule has 0 bridgehead atoms. The standard InChI is InChI=1S/C13H11NO2S2/c1-10-2-4-12(5-3-10)18(15,16)13(8-14)11-6-7-17-9-11/h2-7,9,13H,1H3. The van der Waals surface area contributed by atoms with E-state index in [9.17, 15) is 8.42 Å². The lowest BCUT2D eigenvalue weighted by Gasteiger charge is -2.09. The normalized spacial score (nSPS) is 12.9. The molecule has 92 valence electrons. The van der Waals surface area contributed by atoms with Gasteiger partial charge in [-0.3, -0.25) is 0 Å². The number of rotatable bonds is 3. The molecule has 0 N–H and O–H groups in total. The van der Waals surface area contributed by atoms with E-state index in [4.69, 9.17) is 5.26 Å². The molecule has 0 saturated heterocycles. The third-order valence-electron chi connectivity index (χ3n) is 2.62. The van der Waals surface area contributed by atoms with E-state index in [1.54, 1.807) is 41.1 Å². The molecule has 0 amide bonds. The molecular formula is C13H11NO2S2. The fraction of sp³-hybridized carbons (Fsp3) is 0.154. The van der Waals surface area contributed by atoms with E-state index >= 15 is 0 Å². The Morgan fingerprint density at radius 3 is 2.39 bits per heavy atom. The third kappa shape index (κ3) is 2.30. The summed E-state index contributed by atoms with van der Waals surface area (Å²) in [5, 5.41) is 11.5. The van der Waals surface area contributed by atoms with Crippen LogP contribution in [0.3, 0.4) is 0 Å². The van der Waals surface area contributed by atoms with Gasteiger partial charge in [0.05, 0.1) is 11.0 Å². The lowest BCUT2D eigenvalue weighted by molar-refractivity contribution is 0.591. The van der Waals surface area contributed by atoms with Crippen molar-refractivity contribution >= 4 is 21.2 Å². The van der Waals surface area contributed by atoms with E-state index < -0.39 is 15.1 Å². The molecule has 1 heterocycles. The van der Waals surface area contributed by atoms with Crippen LogP contribution in [0.15, 0.2) is 46.0 Å². The summed E-state index contributed by atoms with van der Waals surface area (Å²) in [7, 11) is -3.65. The number of benzene rings is 1. The van der Waals surface area contributed by atoms with Gasteiger partial charge in [-0.2, -0.15) is 16.6 Å². The highest BCUT2D eigenvalue weighted by molar-refractivity contribution is 7.92. The van der Waals surface area contributed by atoms with Gasteiger partial charge < -0.3 is 0 Å². The van der Waals surface area contributed by atoms with Crippen LogP contribution < -0.4 is 0 Å². The van der Waals surface area contributed by atoms with Crippen molar-refractivity contribution in [3.63, 3.8) is 0 Å². The van der Waals surface area contributed by atoms with Gasteiger partial charge in [0.1, 0.15) is 0 Å². The minimum Gasteiger partial charge on any atom is -0.222 e. The maximum atomic E-state index is 12.4. The van der Waals surface area contributed by atoms with Crippen molar-refractivity contribution in [2.75, 3.05) is 0 Å². The first-order valence-electron chi connectivity index (χ1n) is 5.28. The van der Waals surface area contributed by atoms with E-state index in [0.717, 1.165) is 5.56 Å².